The fourth-order valence-electron chi connectivity index (χ4n) is 3.30. The summed E-state index contributed by atoms with van der Waals surface area (Å²) in [6.07, 6.45) is 1.02. The molecule has 30 heavy (non-hydrogen) atoms. The molecule has 7 nitrogen and oxygen atoms in total. The molecule has 1 aromatic heterocycles. The predicted octanol–water partition coefficient (Wildman–Crippen LogP) is 2.90. The molecule has 4 rings (SSSR count). The third-order valence-corrected chi connectivity index (χ3v) is 4.78. The number of carbonyl (C=O) groups is 1. The minimum atomic E-state index is -2.35. The lowest BCUT2D eigenvalue weighted by Gasteiger charge is -2.10. The smallest absolute Gasteiger partial charge is 0.250 e. The normalized spacial score (nSPS) is 15.1. The second-order valence-electron chi connectivity index (χ2n) is 7.04. The van der Waals surface area contributed by atoms with Gasteiger partial charge in [-0.25, -0.2) is 14.2 Å². The lowest BCUT2D eigenvalue weighted by molar-refractivity contribution is -0.118. The van der Waals surface area contributed by atoms with Gasteiger partial charge in [0.05, 0.1) is 30.7 Å². The molecule has 0 saturated carbocycles. The average molecular weight is 412 g/mol. The van der Waals surface area contributed by atoms with Gasteiger partial charge in [-0.3, -0.25) is 9.48 Å². The SMILES string of the molecule is O=C(Nc1cnn(Cc2ccc(CNCC(F)F)cc2)c1)C1NNc2ccccc21. The number of anilines is 2. The number of hydrazine groups is 1. The van der Waals surface area contributed by atoms with Gasteiger partial charge in [-0.2, -0.15) is 5.10 Å². The Kier molecular flexibility index (Phi) is 6.01. The topological polar surface area (TPSA) is 83.0 Å². The summed E-state index contributed by atoms with van der Waals surface area (Å²) in [5, 5.41) is 9.88. The van der Waals surface area contributed by atoms with Crippen molar-refractivity contribution in [1.29, 1.82) is 0 Å². The zero-order chi connectivity index (χ0) is 20.9. The lowest BCUT2D eigenvalue weighted by Crippen LogP contribution is -2.30. The zero-order valence-corrected chi connectivity index (χ0v) is 16.1. The second-order valence-corrected chi connectivity index (χ2v) is 7.04. The number of para-hydroxylation sites is 1. The highest BCUT2D eigenvalue weighted by Gasteiger charge is 2.28. The van der Waals surface area contributed by atoms with Gasteiger partial charge in [0.15, 0.2) is 0 Å². The van der Waals surface area contributed by atoms with Crippen LogP contribution < -0.4 is 21.5 Å². The van der Waals surface area contributed by atoms with Crippen molar-refractivity contribution in [1.82, 2.24) is 20.5 Å². The van der Waals surface area contributed by atoms with Gasteiger partial charge in [0.2, 0.25) is 5.91 Å². The molecule has 0 saturated heterocycles. The quantitative estimate of drug-likeness (QED) is 0.457. The average Bonchev–Trinajstić information content (AvgIpc) is 3.36. The maximum Gasteiger partial charge on any atom is 0.250 e. The van der Waals surface area contributed by atoms with Crippen molar-refractivity contribution in [2.45, 2.75) is 25.6 Å². The standard InChI is InChI=1S/C21H22F2N6O/c22-19(23)11-24-9-14-5-7-15(8-6-14)12-29-13-16(10-25-29)26-21(30)20-17-3-1-2-4-18(17)27-28-20/h1-8,10,13,19-20,24,27-28H,9,11-12H2,(H,26,30). The summed E-state index contributed by atoms with van der Waals surface area (Å²) in [7, 11) is 0. The molecule has 4 N–H and O–H groups in total. The van der Waals surface area contributed by atoms with Gasteiger partial charge >= 0.3 is 0 Å². The number of hydrogen-bond acceptors (Lipinski definition) is 5. The maximum atomic E-state index is 12.6. The van der Waals surface area contributed by atoms with Crippen LogP contribution in [-0.2, 0) is 17.9 Å². The lowest BCUT2D eigenvalue weighted by atomic mass is 10.1. The van der Waals surface area contributed by atoms with Crippen LogP contribution >= 0.6 is 0 Å². The molecular weight excluding hydrogens is 390 g/mol. The molecule has 3 aromatic rings. The summed E-state index contributed by atoms with van der Waals surface area (Å²) < 4.78 is 26.1. The van der Waals surface area contributed by atoms with E-state index >= 15 is 0 Å². The van der Waals surface area contributed by atoms with E-state index in [2.05, 4.69) is 26.6 Å². The van der Waals surface area contributed by atoms with Crippen LogP contribution in [0, 0.1) is 0 Å². The van der Waals surface area contributed by atoms with Crippen LogP contribution in [-0.4, -0.2) is 28.7 Å². The van der Waals surface area contributed by atoms with Crippen LogP contribution in [0.1, 0.15) is 22.7 Å². The molecule has 0 fully saturated rings. The molecule has 2 aromatic carbocycles. The van der Waals surface area contributed by atoms with E-state index in [1.54, 1.807) is 17.1 Å². The van der Waals surface area contributed by atoms with Crippen LogP contribution in [0.4, 0.5) is 20.2 Å². The summed E-state index contributed by atoms with van der Waals surface area (Å²) in [6.45, 7) is 0.615. The second kappa shape index (κ2) is 9.02. The molecule has 1 unspecified atom stereocenters. The number of halogens is 2. The van der Waals surface area contributed by atoms with Gasteiger partial charge in [0, 0.05) is 18.3 Å². The monoisotopic (exact) mass is 412 g/mol. The number of nitrogens with zero attached hydrogens (tertiary/aromatic N) is 2. The van der Waals surface area contributed by atoms with Crippen molar-refractivity contribution in [3.8, 4) is 0 Å². The molecule has 0 radical (unpaired) electrons. The van der Waals surface area contributed by atoms with Crippen molar-refractivity contribution in [2.24, 2.45) is 0 Å². The minimum absolute atomic E-state index is 0.173. The van der Waals surface area contributed by atoms with Crippen molar-refractivity contribution in [3.63, 3.8) is 0 Å². The summed E-state index contributed by atoms with van der Waals surface area (Å²) in [4.78, 5) is 12.6. The number of aromatic nitrogens is 2. The highest BCUT2D eigenvalue weighted by atomic mass is 19.3. The third-order valence-electron chi connectivity index (χ3n) is 4.78. The Labute approximate surface area is 172 Å². The van der Waals surface area contributed by atoms with Gasteiger partial charge in [-0.05, 0) is 17.2 Å². The molecule has 0 aliphatic carbocycles. The summed E-state index contributed by atoms with van der Waals surface area (Å²) >= 11 is 0. The Hall–Kier alpha value is -3.30. The van der Waals surface area contributed by atoms with Crippen LogP contribution in [0.3, 0.4) is 0 Å². The van der Waals surface area contributed by atoms with Gasteiger partial charge in [0.25, 0.3) is 6.43 Å². The zero-order valence-electron chi connectivity index (χ0n) is 16.1. The van der Waals surface area contributed by atoms with Gasteiger partial charge in [-0.15, -0.1) is 0 Å². The van der Waals surface area contributed by atoms with Crippen molar-refractivity contribution < 1.29 is 13.6 Å². The molecule has 9 heteroatoms. The van der Waals surface area contributed by atoms with Crippen LogP contribution in [0.5, 0.6) is 0 Å². The number of hydrogen-bond donors (Lipinski definition) is 4. The van der Waals surface area contributed by atoms with E-state index in [1.807, 2.05) is 48.5 Å². The van der Waals surface area contributed by atoms with E-state index in [0.29, 0.717) is 18.8 Å². The first-order valence-electron chi connectivity index (χ1n) is 9.59. The largest absolute Gasteiger partial charge is 0.322 e. The van der Waals surface area contributed by atoms with E-state index in [9.17, 15) is 13.6 Å². The third kappa shape index (κ3) is 4.81. The highest BCUT2D eigenvalue weighted by Crippen LogP contribution is 2.28. The Bertz CT molecular complexity index is 1000. The summed E-state index contributed by atoms with van der Waals surface area (Å²) in [6, 6.07) is 14.8. The molecule has 0 spiro atoms. The van der Waals surface area contributed by atoms with Crippen molar-refractivity contribution in [3.05, 3.63) is 77.6 Å². The first-order chi connectivity index (χ1) is 14.6. The van der Waals surface area contributed by atoms with E-state index in [0.717, 1.165) is 22.4 Å². The molecule has 0 bridgehead atoms. The number of alkyl halides is 2. The minimum Gasteiger partial charge on any atom is -0.322 e. The Morgan fingerprint density at radius 3 is 2.70 bits per heavy atom. The first-order valence-corrected chi connectivity index (χ1v) is 9.59. The molecule has 156 valence electrons. The number of rotatable bonds is 8. The van der Waals surface area contributed by atoms with Gasteiger partial charge < -0.3 is 16.1 Å². The number of nitrogens with one attached hydrogen (secondary N) is 4. The van der Waals surface area contributed by atoms with Crippen LogP contribution in [0.25, 0.3) is 0 Å². The molecule has 1 atom stereocenters. The molecule has 2 heterocycles. The van der Waals surface area contributed by atoms with Gasteiger partial charge in [0.1, 0.15) is 6.04 Å². The maximum absolute atomic E-state index is 12.6. The fourth-order valence-corrected chi connectivity index (χ4v) is 3.30. The molecular formula is C21H22F2N6O. The summed E-state index contributed by atoms with van der Waals surface area (Å²) in [5.41, 5.74) is 10.3. The van der Waals surface area contributed by atoms with E-state index in [4.69, 9.17) is 0 Å². The molecule has 1 aliphatic rings. The van der Waals surface area contributed by atoms with Crippen LogP contribution in [0.2, 0.25) is 0 Å². The van der Waals surface area contributed by atoms with Gasteiger partial charge in [-0.1, -0.05) is 42.5 Å². The number of benzene rings is 2. The van der Waals surface area contributed by atoms with E-state index < -0.39 is 12.5 Å². The predicted molar refractivity (Wildman–Crippen MR) is 110 cm³/mol. The first kappa shape index (κ1) is 20.0. The highest BCUT2D eigenvalue weighted by molar-refractivity contribution is 5.97. The summed E-state index contributed by atoms with van der Waals surface area (Å²) in [5.74, 6) is -0.173. The number of carbonyl (C=O) groups excluding carboxylic acids is 1. The number of fused-ring (bicyclic) bond motifs is 1. The Morgan fingerprint density at radius 1 is 1.13 bits per heavy atom. The van der Waals surface area contributed by atoms with Crippen LogP contribution in [0.15, 0.2) is 60.9 Å². The van der Waals surface area contributed by atoms with Crippen molar-refractivity contribution in [2.75, 3.05) is 17.3 Å². The Balaban J connectivity index is 1.32. The van der Waals surface area contributed by atoms with Crippen molar-refractivity contribution >= 4 is 17.3 Å². The fraction of sp³-hybridized carbons (Fsp3) is 0.238. The Morgan fingerprint density at radius 2 is 1.90 bits per heavy atom. The molecule has 1 amide bonds. The van der Waals surface area contributed by atoms with E-state index in [-0.39, 0.29) is 12.5 Å². The van der Waals surface area contributed by atoms with E-state index in [1.165, 1.54) is 0 Å². The number of amides is 1. The molecule has 1 aliphatic heterocycles.